The van der Waals surface area contributed by atoms with E-state index in [1.807, 2.05) is 7.05 Å². The van der Waals surface area contributed by atoms with Crippen LogP contribution in [-0.4, -0.2) is 17.0 Å². The van der Waals surface area contributed by atoms with Crippen LogP contribution < -0.4 is 5.32 Å². The molecule has 0 fully saturated rings. The van der Waals surface area contributed by atoms with Crippen LogP contribution in [0.15, 0.2) is 22.7 Å². The van der Waals surface area contributed by atoms with Gasteiger partial charge in [-0.15, -0.1) is 0 Å². The van der Waals surface area contributed by atoms with Gasteiger partial charge in [0.25, 0.3) is 0 Å². The van der Waals surface area contributed by atoms with E-state index in [0.717, 1.165) is 21.5 Å². The van der Waals surface area contributed by atoms with E-state index >= 15 is 0 Å². The van der Waals surface area contributed by atoms with Crippen molar-refractivity contribution < 1.29 is 0 Å². The molecule has 0 spiro atoms. The van der Waals surface area contributed by atoms with Crippen LogP contribution in [0.4, 0.5) is 5.82 Å². The number of hydrogen-bond acceptors (Lipinski definition) is 3. The van der Waals surface area contributed by atoms with Gasteiger partial charge in [-0.2, -0.15) is 0 Å². The zero-order valence-corrected chi connectivity index (χ0v) is 14.4. The van der Waals surface area contributed by atoms with Crippen LogP contribution in [0.2, 0.25) is 10.0 Å². The highest BCUT2D eigenvalue weighted by Gasteiger charge is 2.16. The summed E-state index contributed by atoms with van der Waals surface area (Å²) in [6, 6.07) is 5.27. The number of nitrogens with zero attached hydrogens (tertiary/aromatic N) is 2. The Balaban J connectivity index is 2.68. The normalized spacial score (nSPS) is 10.9. The van der Waals surface area contributed by atoms with Crippen LogP contribution in [0.3, 0.4) is 0 Å². The molecule has 0 saturated carbocycles. The van der Waals surface area contributed by atoms with Gasteiger partial charge >= 0.3 is 0 Å². The molecule has 1 heterocycles. The third-order valence-corrected chi connectivity index (χ3v) is 4.18. The van der Waals surface area contributed by atoms with Crippen LogP contribution in [0.25, 0.3) is 11.4 Å². The quantitative estimate of drug-likeness (QED) is 0.783. The summed E-state index contributed by atoms with van der Waals surface area (Å²) < 4.78 is 0.872. The summed E-state index contributed by atoms with van der Waals surface area (Å²) in [5.74, 6) is 1.56. The summed E-state index contributed by atoms with van der Waals surface area (Å²) in [5.41, 5.74) is 1.65. The Kier molecular flexibility index (Phi) is 4.89. The maximum Gasteiger partial charge on any atom is 0.163 e. The monoisotopic (exact) mass is 373 g/mol. The average molecular weight is 375 g/mol. The van der Waals surface area contributed by atoms with Gasteiger partial charge in [0.1, 0.15) is 5.82 Å². The van der Waals surface area contributed by atoms with E-state index in [-0.39, 0.29) is 5.92 Å². The first-order chi connectivity index (χ1) is 9.43. The summed E-state index contributed by atoms with van der Waals surface area (Å²) in [7, 11) is 1.82. The third kappa shape index (κ3) is 3.08. The van der Waals surface area contributed by atoms with E-state index in [0.29, 0.717) is 15.9 Å². The lowest BCUT2D eigenvalue weighted by Crippen LogP contribution is -2.04. The van der Waals surface area contributed by atoms with E-state index in [1.54, 1.807) is 18.2 Å². The molecule has 1 N–H and O–H groups in total. The maximum atomic E-state index is 6.23. The molecule has 1 aromatic heterocycles. The van der Waals surface area contributed by atoms with Crippen molar-refractivity contribution in [2.75, 3.05) is 12.4 Å². The third-order valence-electron chi connectivity index (χ3n) is 2.83. The summed E-state index contributed by atoms with van der Waals surface area (Å²) in [4.78, 5) is 9.11. The predicted octanol–water partition coefficient (Wildman–Crippen LogP) is 5.38. The van der Waals surface area contributed by atoms with Crippen molar-refractivity contribution in [1.29, 1.82) is 0 Å². The molecule has 1 aromatic carbocycles. The van der Waals surface area contributed by atoms with Crippen molar-refractivity contribution in [2.24, 2.45) is 0 Å². The highest BCUT2D eigenvalue weighted by molar-refractivity contribution is 9.10. The lowest BCUT2D eigenvalue weighted by molar-refractivity contribution is 0.810. The number of rotatable bonds is 3. The number of anilines is 1. The molecule has 0 amide bonds. The van der Waals surface area contributed by atoms with Gasteiger partial charge in [-0.25, -0.2) is 9.97 Å². The first-order valence-corrected chi connectivity index (χ1v) is 7.69. The van der Waals surface area contributed by atoms with Gasteiger partial charge < -0.3 is 5.32 Å². The van der Waals surface area contributed by atoms with E-state index in [9.17, 15) is 0 Å². The van der Waals surface area contributed by atoms with Gasteiger partial charge in [-0.3, -0.25) is 0 Å². The van der Waals surface area contributed by atoms with Gasteiger partial charge in [0, 0.05) is 17.6 Å². The number of nitrogens with one attached hydrogen (secondary N) is 1. The Labute approximate surface area is 136 Å². The van der Waals surface area contributed by atoms with Gasteiger partial charge in [0.2, 0.25) is 0 Å². The molecule has 2 aromatic rings. The molecule has 6 heteroatoms. The minimum atomic E-state index is 0.260. The minimum absolute atomic E-state index is 0.260. The second-order valence-corrected chi connectivity index (χ2v) is 6.26. The fourth-order valence-electron chi connectivity index (χ4n) is 1.80. The van der Waals surface area contributed by atoms with Crippen LogP contribution in [-0.2, 0) is 0 Å². The average Bonchev–Trinajstić information content (AvgIpc) is 2.41. The second-order valence-electron chi connectivity index (χ2n) is 4.62. The number of aromatic nitrogens is 2. The molecular weight excluding hydrogens is 361 g/mol. The van der Waals surface area contributed by atoms with Crippen molar-refractivity contribution in [3.8, 4) is 11.4 Å². The molecule has 106 valence electrons. The Bertz CT molecular complexity index is 645. The molecule has 2 rings (SSSR count). The minimum Gasteiger partial charge on any atom is -0.372 e. The standard InChI is InChI=1S/C14H14BrCl2N3/c1-7(2)12-11(15)14(18-3)20-13(19-12)9-6-8(16)4-5-10(9)17/h4-7H,1-3H3,(H,18,19,20). The van der Waals surface area contributed by atoms with E-state index < -0.39 is 0 Å². The summed E-state index contributed by atoms with van der Waals surface area (Å²) in [6.45, 7) is 4.16. The van der Waals surface area contributed by atoms with E-state index in [4.69, 9.17) is 23.2 Å². The molecule has 0 atom stereocenters. The first kappa shape index (κ1) is 15.5. The fourth-order valence-corrected chi connectivity index (χ4v) is 3.01. The van der Waals surface area contributed by atoms with Gasteiger partial charge in [0.05, 0.1) is 15.2 Å². The number of benzene rings is 1. The van der Waals surface area contributed by atoms with Crippen LogP contribution >= 0.6 is 39.1 Å². The van der Waals surface area contributed by atoms with Gasteiger partial charge in [0.15, 0.2) is 5.82 Å². The molecule has 0 aliphatic carbocycles. The molecule has 3 nitrogen and oxygen atoms in total. The van der Waals surface area contributed by atoms with Gasteiger partial charge in [-0.05, 0) is 40.0 Å². The van der Waals surface area contributed by atoms with Crippen molar-refractivity contribution in [1.82, 2.24) is 9.97 Å². The van der Waals surface area contributed by atoms with E-state index in [2.05, 4.69) is 45.1 Å². The molecule has 0 bridgehead atoms. The zero-order chi connectivity index (χ0) is 14.9. The summed E-state index contributed by atoms with van der Waals surface area (Å²) >= 11 is 15.8. The van der Waals surface area contributed by atoms with Crippen LogP contribution in [0.1, 0.15) is 25.5 Å². The topological polar surface area (TPSA) is 37.8 Å². The van der Waals surface area contributed by atoms with Crippen LogP contribution in [0, 0.1) is 0 Å². The largest absolute Gasteiger partial charge is 0.372 e. The molecule has 0 aliphatic heterocycles. The predicted molar refractivity (Wildman–Crippen MR) is 88.8 cm³/mol. The highest BCUT2D eigenvalue weighted by Crippen LogP contribution is 2.34. The summed E-state index contributed by atoms with van der Waals surface area (Å²) in [5, 5.41) is 4.24. The molecule has 0 saturated heterocycles. The Morgan fingerprint density at radius 1 is 1.20 bits per heavy atom. The van der Waals surface area contributed by atoms with Crippen molar-refractivity contribution in [2.45, 2.75) is 19.8 Å². The van der Waals surface area contributed by atoms with Crippen molar-refractivity contribution in [3.05, 3.63) is 38.4 Å². The molecule has 0 unspecified atom stereocenters. The zero-order valence-electron chi connectivity index (χ0n) is 11.3. The molecule has 0 radical (unpaired) electrons. The SMILES string of the molecule is CNc1nc(-c2cc(Cl)ccc2Cl)nc(C(C)C)c1Br. The fraction of sp³-hybridized carbons (Fsp3) is 0.286. The number of hydrogen-bond donors (Lipinski definition) is 1. The molecular formula is C14H14BrCl2N3. The lowest BCUT2D eigenvalue weighted by Gasteiger charge is -2.14. The smallest absolute Gasteiger partial charge is 0.163 e. The second kappa shape index (κ2) is 6.29. The van der Waals surface area contributed by atoms with Crippen molar-refractivity contribution in [3.63, 3.8) is 0 Å². The maximum absolute atomic E-state index is 6.23. The number of halogens is 3. The molecule has 20 heavy (non-hydrogen) atoms. The summed E-state index contributed by atoms with van der Waals surface area (Å²) in [6.07, 6.45) is 0. The van der Waals surface area contributed by atoms with Crippen molar-refractivity contribution >= 4 is 44.9 Å². The Hall–Kier alpha value is -0.840. The lowest BCUT2D eigenvalue weighted by atomic mass is 10.1. The molecule has 0 aliphatic rings. The van der Waals surface area contributed by atoms with Crippen LogP contribution in [0.5, 0.6) is 0 Å². The Morgan fingerprint density at radius 2 is 1.90 bits per heavy atom. The highest BCUT2D eigenvalue weighted by atomic mass is 79.9. The van der Waals surface area contributed by atoms with E-state index in [1.165, 1.54) is 0 Å². The first-order valence-electron chi connectivity index (χ1n) is 6.14. The Morgan fingerprint density at radius 3 is 2.50 bits per heavy atom. The van der Waals surface area contributed by atoms with Gasteiger partial charge in [-0.1, -0.05) is 37.0 Å².